The summed E-state index contributed by atoms with van der Waals surface area (Å²) in [6.45, 7) is 6.20. The lowest BCUT2D eigenvalue weighted by Gasteiger charge is -2.36. The van der Waals surface area contributed by atoms with Crippen LogP contribution in [0.5, 0.6) is 0 Å². The first-order chi connectivity index (χ1) is 12.4. The Bertz CT molecular complexity index is 898. The summed E-state index contributed by atoms with van der Waals surface area (Å²) >= 11 is 0. The molecule has 0 spiro atoms. The van der Waals surface area contributed by atoms with Crippen molar-refractivity contribution in [2.75, 3.05) is 4.31 Å². The van der Waals surface area contributed by atoms with Gasteiger partial charge in [0.1, 0.15) is 0 Å². The Morgan fingerprint density at radius 3 is 2.35 bits per heavy atom. The predicted molar refractivity (Wildman–Crippen MR) is 109 cm³/mol. The van der Waals surface area contributed by atoms with Gasteiger partial charge in [0, 0.05) is 5.56 Å². The Kier molecular flexibility index (Phi) is 5.52. The molecule has 0 fully saturated rings. The number of fused-ring (bicyclic) bond motifs is 1. The number of rotatable bonds is 6. The summed E-state index contributed by atoms with van der Waals surface area (Å²) in [5.41, 5.74) is 3.99. The number of aryl methyl sites for hydroxylation is 1. The molecule has 0 aromatic heterocycles. The van der Waals surface area contributed by atoms with Crippen LogP contribution in [0.3, 0.4) is 0 Å². The number of hydrogen-bond donors (Lipinski definition) is 0. The molecule has 1 aliphatic heterocycles. The molecule has 1 atom stereocenters. The van der Waals surface area contributed by atoms with Gasteiger partial charge in [-0.15, -0.1) is 0 Å². The first kappa shape index (κ1) is 18.7. The van der Waals surface area contributed by atoms with Crippen LogP contribution in [0.25, 0.3) is 5.57 Å². The average molecular weight is 370 g/mol. The van der Waals surface area contributed by atoms with Gasteiger partial charge in [0.2, 0.25) is 0 Å². The van der Waals surface area contributed by atoms with Gasteiger partial charge in [-0.05, 0) is 44.0 Å². The molecule has 138 valence electrons. The van der Waals surface area contributed by atoms with Crippen LogP contribution >= 0.6 is 0 Å². The maximum absolute atomic E-state index is 13.5. The maximum Gasteiger partial charge on any atom is 0.264 e. The van der Waals surface area contributed by atoms with Crippen LogP contribution in [0.4, 0.5) is 5.69 Å². The molecule has 0 N–H and O–H groups in total. The predicted octanol–water partition coefficient (Wildman–Crippen LogP) is 5.56. The number of hydrogen-bond acceptors (Lipinski definition) is 2. The summed E-state index contributed by atoms with van der Waals surface area (Å²) < 4.78 is 28.6. The van der Waals surface area contributed by atoms with E-state index < -0.39 is 10.0 Å². The maximum atomic E-state index is 13.5. The van der Waals surface area contributed by atoms with Crippen molar-refractivity contribution in [3.8, 4) is 0 Å². The van der Waals surface area contributed by atoms with E-state index >= 15 is 0 Å². The largest absolute Gasteiger partial charge is 0.264 e. The Morgan fingerprint density at radius 1 is 0.962 bits per heavy atom. The third kappa shape index (κ3) is 3.56. The minimum absolute atomic E-state index is 0.136. The van der Waals surface area contributed by atoms with Gasteiger partial charge >= 0.3 is 0 Å². The molecule has 3 rings (SSSR count). The highest BCUT2D eigenvalue weighted by molar-refractivity contribution is 7.92. The zero-order valence-electron chi connectivity index (χ0n) is 15.8. The molecule has 0 bridgehead atoms. The summed E-state index contributed by atoms with van der Waals surface area (Å²) in [6.07, 6.45) is 6.21. The first-order valence-electron chi connectivity index (χ1n) is 9.34. The van der Waals surface area contributed by atoms with Gasteiger partial charge in [-0.3, -0.25) is 4.31 Å². The van der Waals surface area contributed by atoms with E-state index in [0.717, 1.165) is 48.1 Å². The lowest BCUT2D eigenvalue weighted by Crippen LogP contribution is -2.41. The molecule has 0 amide bonds. The van der Waals surface area contributed by atoms with Gasteiger partial charge in [-0.2, -0.15) is 0 Å². The minimum atomic E-state index is -3.61. The fourth-order valence-corrected chi connectivity index (χ4v) is 5.21. The van der Waals surface area contributed by atoms with Gasteiger partial charge in [-0.1, -0.05) is 68.2 Å². The third-order valence-electron chi connectivity index (χ3n) is 4.99. The summed E-state index contributed by atoms with van der Waals surface area (Å²) in [6, 6.07) is 14.8. The van der Waals surface area contributed by atoms with Crippen molar-refractivity contribution in [1.82, 2.24) is 0 Å². The van der Waals surface area contributed by atoms with E-state index in [4.69, 9.17) is 0 Å². The lowest BCUT2D eigenvalue weighted by molar-refractivity contribution is 0.569. The van der Waals surface area contributed by atoms with Crippen molar-refractivity contribution in [2.24, 2.45) is 0 Å². The highest BCUT2D eigenvalue weighted by Gasteiger charge is 2.34. The van der Waals surface area contributed by atoms with Gasteiger partial charge < -0.3 is 0 Å². The third-order valence-corrected chi connectivity index (χ3v) is 6.84. The standard InChI is InChI=1S/C22H27NO2S/c1-4-5-6-9-19-16-18(3)21-10-7-8-11-22(21)23(19)26(24,25)20-14-12-17(2)13-15-20/h7-8,10-16,19H,4-6,9H2,1-3H3. The van der Waals surface area contributed by atoms with Crippen LogP contribution in [-0.2, 0) is 10.0 Å². The van der Waals surface area contributed by atoms with Crippen LogP contribution in [0.1, 0.15) is 50.7 Å². The number of benzene rings is 2. The second-order valence-corrected chi connectivity index (χ2v) is 8.86. The van der Waals surface area contributed by atoms with Crippen molar-refractivity contribution in [3.63, 3.8) is 0 Å². The number of nitrogens with zero attached hydrogens (tertiary/aromatic N) is 1. The molecular weight excluding hydrogens is 342 g/mol. The van der Waals surface area contributed by atoms with Crippen molar-refractivity contribution in [3.05, 3.63) is 65.7 Å². The molecule has 0 aliphatic carbocycles. The highest BCUT2D eigenvalue weighted by Crippen LogP contribution is 2.39. The number of unbranched alkanes of at least 4 members (excludes halogenated alkanes) is 2. The molecule has 2 aromatic carbocycles. The fraction of sp³-hybridized carbons (Fsp3) is 0.364. The van der Waals surface area contributed by atoms with E-state index in [-0.39, 0.29) is 6.04 Å². The number of anilines is 1. The molecule has 2 aromatic rings. The van der Waals surface area contributed by atoms with Crippen molar-refractivity contribution in [2.45, 2.75) is 57.4 Å². The number of para-hydroxylation sites is 1. The van der Waals surface area contributed by atoms with Crippen LogP contribution in [0.2, 0.25) is 0 Å². The van der Waals surface area contributed by atoms with Crippen LogP contribution in [0, 0.1) is 6.92 Å². The molecule has 0 radical (unpaired) electrons. The Balaban J connectivity index is 2.08. The quantitative estimate of drug-likeness (QED) is 0.626. The molecular formula is C22H27NO2S. The summed E-state index contributed by atoms with van der Waals surface area (Å²) in [5.74, 6) is 0. The zero-order chi connectivity index (χ0) is 18.7. The smallest absolute Gasteiger partial charge is 0.259 e. The molecule has 3 nitrogen and oxygen atoms in total. The second-order valence-electron chi connectivity index (χ2n) is 7.04. The van der Waals surface area contributed by atoms with E-state index in [1.807, 2.05) is 43.3 Å². The highest BCUT2D eigenvalue weighted by atomic mass is 32.2. The summed E-state index contributed by atoms with van der Waals surface area (Å²) in [7, 11) is -3.61. The van der Waals surface area contributed by atoms with Crippen LogP contribution < -0.4 is 4.31 Å². The Morgan fingerprint density at radius 2 is 1.65 bits per heavy atom. The van der Waals surface area contributed by atoms with Crippen LogP contribution in [0.15, 0.2) is 59.5 Å². The Labute approximate surface area is 157 Å². The van der Waals surface area contributed by atoms with E-state index in [1.165, 1.54) is 0 Å². The molecule has 1 unspecified atom stereocenters. The molecule has 0 saturated carbocycles. The number of allylic oxidation sites excluding steroid dienone is 1. The normalized spacial score (nSPS) is 17.0. The van der Waals surface area contributed by atoms with E-state index in [0.29, 0.717) is 4.90 Å². The van der Waals surface area contributed by atoms with Crippen molar-refractivity contribution in [1.29, 1.82) is 0 Å². The SMILES string of the molecule is CCCCCC1C=C(C)c2ccccc2N1S(=O)(=O)c1ccc(C)cc1. The first-order valence-corrected chi connectivity index (χ1v) is 10.8. The van der Waals surface area contributed by atoms with E-state index in [9.17, 15) is 8.42 Å². The second kappa shape index (κ2) is 7.67. The zero-order valence-corrected chi connectivity index (χ0v) is 16.6. The molecule has 0 saturated heterocycles. The van der Waals surface area contributed by atoms with E-state index in [2.05, 4.69) is 19.9 Å². The minimum Gasteiger partial charge on any atom is -0.259 e. The van der Waals surface area contributed by atoms with Gasteiger partial charge in [0.25, 0.3) is 10.0 Å². The molecule has 26 heavy (non-hydrogen) atoms. The van der Waals surface area contributed by atoms with Gasteiger partial charge in [0.15, 0.2) is 0 Å². The summed E-state index contributed by atoms with van der Waals surface area (Å²) in [4.78, 5) is 0.353. The number of sulfonamides is 1. The monoisotopic (exact) mass is 369 g/mol. The van der Waals surface area contributed by atoms with Crippen LogP contribution in [-0.4, -0.2) is 14.5 Å². The summed E-state index contributed by atoms with van der Waals surface area (Å²) in [5, 5.41) is 0. The van der Waals surface area contributed by atoms with Gasteiger partial charge in [0.05, 0.1) is 16.6 Å². The molecule has 1 heterocycles. The lowest BCUT2D eigenvalue weighted by atomic mass is 9.95. The van der Waals surface area contributed by atoms with Gasteiger partial charge in [-0.25, -0.2) is 8.42 Å². The average Bonchev–Trinajstić information content (AvgIpc) is 2.62. The molecule has 4 heteroatoms. The van der Waals surface area contributed by atoms with Crippen molar-refractivity contribution >= 4 is 21.3 Å². The topological polar surface area (TPSA) is 37.4 Å². The molecule has 1 aliphatic rings. The Hall–Kier alpha value is -2.07. The van der Waals surface area contributed by atoms with Crippen molar-refractivity contribution < 1.29 is 8.42 Å². The fourth-order valence-electron chi connectivity index (χ4n) is 3.56. The van der Waals surface area contributed by atoms with E-state index in [1.54, 1.807) is 16.4 Å².